The number of carbonyl (C=O) groups is 3. The second-order valence-electron chi connectivity index (χ2n) is 4.41. The Hall–Kier alpha value is -1.64. The molecule has 1 fully saturated rings. The quantitative estimate of drug-likeness (QED) is 0.700. The van der Waals surface area contributed by atoms with E-state index in [1.54, 1.807) is 0 Å². The maximum absolute atomic E-state index is 11.6. The molecule has 0 radical (unpaired) electrons. The van der Waals surface area contributed by atoms with Crippen LogP contribution in [0.1, 0.15) is 19.3 Å². The Morgan fingerprint density at radius 1 is 1.32 bits per heavy atom. The standard InChI is InChI=1S/C10H16N2O6S/c1-12(7-4-5-19(17,18)6-7)10(16)11-8(13)2-3-9(14)15/h7H,2-6H2,1H3,(H,14,15)(H,11,13,16). The van der Waals surface area contributed by atoms with Gasteiger partial charge < -0.3 is 10.0 Å². The van der Waals surface area contributed by atoms with E-state index >= 15 is 0 Å². The van der Waals surface area contributed by atoms with Crippen LogP contribution in [-0.4, -0.2) is 60.9 Å². The van der Waals surface area contributed by atoms with Crippen LogP contribution >= 0.6 is 0 Å². The van der Waals surface area contributed by atoms with Gasteiger partial charge in [0.05, 0.1) is 17.9 Å². The molecule has 1 heterocycles. The van der Waals surface area contributed by atoms with Crippen molar-refractivity contribution in [1.82, 2.24) is 10.2 Å². The minimum absolute atomic E-state index is 0.0300. The molecule has 1 rings (SSSR count). The zero-order chi connectivity index (χ0) is 14.6. The zero-order valence-corrected chi connectivity index (χ0v) is 11.3. The molecular formula is C10H16N2O6S. The van der Waals surface area contributed by atoms with Crippen molar-refractivity contribution < 1.29 is 27.9 Å². The Kier molecular flexibility index (Phi) is 4.87. The predicted molar refractivity (Wildman–Crippen MR) is 65.2 cm³/mol. The molecule has 2 N–H and O–H groups in total. The molecule has 0 aliphatic carbocycles. The van der Waals surface area contributed by atoms with Crippen LogP contribution in [0, 0.1) is 0 Å². The number of urea groups is 1. The van der Waals surface area contributed by atoms with Gasteiger partial charge >= 0.3 is 12.0 Å². The van der Waals surface area contributed by atoms with Gasteiger partial charge in [-0.25, -0.2) is 13.2 Å². The van der Waals surface area contributed by atoms with Gasteiger partial charge in [-0.15, -0.1) is 0 Å². The van der Waals surface area contributed by atoms with Gasteiger partial charge in [0.2, 0.25) is 5.91 Å². The zero-order valence-electron chi connectivity index (χ0n) is 10.5. The van der Waals surface area contributed by atoms with Crippen molar-refractivity contribution in [2.24, 2.45) is 0 Å². The summed E-state index contributed by atoms with van der Waals surface area (Å²) in [6.07, 6.45) is -0.311. The molecule has 108 valence electrons. The molecule has 1 unspecified atom stereocenters. The number of carbonyl (C=O) groups excluding carboxylic acids is 2. The molecule has 8 nitrogen and oxygen atoms in total. The Morgan fingerprint density at radius 3 is 2.42 bits per heavy atom. The number of nitrogens with zero attached hydrogens (tertiary/aromatic N) is 1. The van der Waals surface area contributed by atoms with Crippen molar-refractivity contribution in [3.05, 3.63) is 0 Å². The lowest BCUT2D eigenvalue weighted by atomic mass is 10.2. The van der Waals surface area contributed by atoms with Crippen LogP contribution in [0.2, 0.25) is 0 Å². The van der Waals surface area contributed by atoms with Gasteiger partial charge in [-0.05, 0) is 6.42 Å². The SMILES string of the molecule is CN(C(=O)NC(=O)CCC(=O)O)C1CCS(=O)(=O)C1. The van der Waals surface area contributed by atoms with Crippen molar-refractivity contribution in [3.63, 3.8) is 0 Å². The molecule has 0 saturated carbocycles. The second kappa shape index (κ2) is 6.00. The third kappa shape index (κ3) is 4.86. The number of amides is 3. The van der Waals surface area contributed by atoms with E-state index in [1.165, 1.54) is 11.9 Å². The number of nitrogens with one attached hydrogen (secondary N) is 1. The average molecular weight is 292 g/mol. The molecule has 1 saturated heterocycles. The molecule has 0 aromatic rings. The summed E-state index contributed by atoms with van der Waals surface area (Å²) < 4.78 is 22.6. The number of sulfone groups is 1. The number of carboxylic acid groups (broad SMARTS) is 1. The molecule has 1 aliphatic heterocycles. The molecule has 0 bridgehead atoms. The van der Waals surface area contributed by atoms with E-state index in [0.29, 0.717) is 6.42 Å². The largest absolute Gasteiger partial charge is 0.481 e. The fraction of sp³-hybridized carbons (Fsp3) is 0.700. The summed E-state index contributed by atoms with van der Waals surface area (Å²) in [6.45, 7) is 0. The molecule has 0 spiro atoms. The summed E-state index contributed by atoms with van der Waals surface area (Å²) in [5.74, 6) is -1.90. The maximum Gasteiger partial charge on any atom is 0.324 e. The van der Waals surface area contributed by atoms with Crippen LogP contribution < -0.4 is 5.32 Å². The van der Waals surface area contributed by atoms with Gasteiger partial charge in [0, 0.05) is 19.5 Å². The first-order valence-electron chi connectivity index (χ1n) is 5.70. The van der Waals surface area contributed by atoms with Crippen LogP contribution in [0.25, 0.3) is 0 Å². The molecule has 1 atom stereocenters. The molecule has 19 heavy (non-hydrogen) atoms. The number of hydrogen-bond acceptors (Lipinski definition) is 5. The Balaban J connectivity index is 2.45. The highest BCUT2D eigenvalue weighted by Gasteiger charge is 2.33. The first-order chi connectivity index (χ1) is 8.71. The molecule has 1 aliphatic rings. The maximum atomic E-state index is 11.6. The third-order valence-corrected chi connectivity index (χ3v) is 4.64. The highest BCUT2D eigenvalue weighted by atomic mass is 32.2. The lowest BCUT2D eigenvalue weighted by Crippen LogP contribution is -2.46. The Labute approximate surface area is 110 Å². The van der Waals surface area contributed by atoms with Gasteiger partial charge in [-0.1, -0.05) is 0 Å². The minimum Gasteiger partial charge on any atom is -0.481 e. The van der Waals surface area contributed by atoms with Crippen molar-refractivity contribution in [1.29, 1.82) is 0 Å². The minimum atomic E-state index is -3.11. The highest BCUT2D eigenvalue weighted by molar-refractivity contribution is 7.91. The van der Waals surface area contributed by atoms with E-state index in [0.717, 1.165) is 0 Å². The molecule has 3 amide bonds. The fourth-order valence-corrected chi connectivity index (χ4v) is 3.51. The van der Waals surface area contributed by atoms with Crippen LogP contribution in [-0.2, 0) is 19.4 Å². The second-order valence-corrected chi connectivity index (χ2v) is 6.64. The number of rotatable bonds is 4. The number of imide groups is 1. The van der Waals surface area contributed by atoms with Gasteiger partial charge in [-0.2, -0.15) is 0 Å². The summed E-state index contributed by atoms with van der Waals surface area (Å²) in [7, 11) is -1.70. The van der Waals surface area contributed by atoms with E-state index in [-0.39, 0.29) is 24.3 Å². The van der Waals surface area contributed by atoms with Crippen LogP contribution in [0.4, 0.5) is 4.79 Å². The molecule has 0 aromatic carbocycles. The van der Waals surface area contributed by atoms with E-state index < -0.39 is 33.8 Å². The van der Waals surface area contributed by atoms with Gasteiger partial charge in [-0.3, -0.25) is 14.9 Å². The smallest absolute Gasteiger partial charge is 0.324 e. The van der Waals surface area contributed by atoms with E-state index in [4.69, 9.17) is 5.11 Å². The van der Waals surface area contributed by atoms with E-state index in [9.17, 15) is 22.8 Å². The van der Waals surface area contributed by atoms with E-state index in [1.807, 2.05) is 5.32 Å². The number of aliphatic carboxylic acids is 1. The normalized spacial score (nSPS) is 20.8. The highest BCUT2D eigenvalue weighted by Crippen LogP contribution is 2.16. The van der Waals surface area contributed by atoms with Crippen LogP contribution in [0.5, 0.6) is 0 Å². The average Bonchev–Trinajstić information content (AvgIpc) is 2.66. The lowest BCUT2D eigenvalue weighted by molar-refractivity contribution is -0.138. The summed E-state index contributed by atoms with van der Waals surface area (Å²) in [4.78, 5) is 34.3. The van der Waals surface area contributed by atoms with Gasteiger partial charge in [0.15, 0.2) is 9.84 Å². The summed E-state index contributed by atoms with van der Waals surface area (Å²) >= 11 is 0. The van der Waals surface area contributed by atoms with Crippen molar-refractivity contribution in [2.75, 3.05) is 18.6 Å². The van der Waals surface area contributed by atoms with Crippen molar-refractivity contribution in [2.45, 2.75) is 25.3 Å². The summed E-state index contributed by atoms with van der Waals surface area (Å²) in [5.41, 5.74) is 0. The molecular weight excluding hydrogens is 276 g/mol. The summed E-state index contributed by atoms with van der Waals surface area (Å²) in [5, 5.41) is 10.4. The van der Waals surface area contributed by atoms with Gasteiger partial charge in [0.1, 0.15) is 0 Å². The predicted octanol–water partition coefficient (Wildman–Crippen LogP) is -0.794. The Morgan fingerprint density at radius 2 is 1.95 bits per heavy atom. The number of hydrogen-bond donors (Lipinski definition) is 2. The van der Waals surface area contributed by atoms with Gasteiger partial charge in [0.25, 0.3) is 0 Å². The lowest BCUT2D eigenvalue weighted by Gasteiger charge is -2.23. The fourth-order valence-electron chi connectivity index (χ4n) is 1.74. The molecule has 0 aromatic heterocycles. The molecule has 9 heteroatoms. The van der Waals surface area contributed by atoms with Crippen molar-refractivity contribution in [3.8, 4) is 0 Å². The topological polar surface area (TPSA) is 121 Å². The monoisotopic (exact) mass is 292 g/mol. The number of carboxylic acids is 1. The summed E-state index contributed by atoms with van der Waals surface area (Å²) in [6, 6.07) is -1.16. The third-order valence-electron chi connectivity index (χ3n) is 2.89. The first kappa shape index (κ1) is 15.4. The van der Waals surface area contributed by atoms with Crippen LogP contribution in [0.3, 0.4) is 0 Å². The Bertz CT molecular complexity index is 486. The first-order valence-corrected chi connectivity index (χ1v) is 7.52. The van der Waals surface area contributed by atoms with Crippen molar-refractivity contribution >= 4 is 27.7 Å². The van der Waals surface area contributed by atoms with E-state index in [2.05, 4.69) is 0 Å². The van der Waals surface area contributed by atoms with Crippen LogP contribution in [0.15, 0.2) is 0 Å².